The molecule has 2 heterocycles. The third-order valence-corrected chi connectivity index (χ3v) is 4.35. The maximum absolute atomic E-state index is 4.41. The molecule has 1 fully saturated rings. The summed E-state index contributed by atoms with van der Waals surface area (Å²) in [5.41, 5.74) is 3.80. The number of aromatic nitrogens is 1. The zero-order valence-electron chi connectivity index (χ0n) is 11.9. The van der Waals surface area contributed by atoms with Crippen LogP contribution in [0.3, 0.4) is 0 Å². The predicted octanol–water partition coefficient (Wildman–Crippen LogP) is 4.58. The highest BCUT2D eigenvalue weighted by Crippen LogP contribution is 2.36. The Bertz CT molecular complexity index is 752. The Morgan fingerprint density at radius 1 is 0.952 bits per heavy atom. The van der Waals surface area contributed by atoms with Crippen molar-refractivity contribution in [3.8, 4) is 0 Å². The quantitative estimate of drug-likeness (QED) is 0.680. The number of fused-ring (bicyclic) bond motifs is 1. The van der Waals surface area contributed by atoms with Crippen LogP contribution in [0.5, 0.6) is 0 Å². The van der Waals surface area contributed by atoms with Crippen LogP contribution in [0.4, 0.5) is 5.69 Å². The molecule has 1 saturated heterocycles. The molecular formula is C19H18N2. The van der Waals surface area contributed by atoms with Gasteiger partial charge in [0, 0.05) is 23.8 Å². The Labute approximate surface area is 125 Å². The molecule has 0 aliphatic carbocycles. The van der Waals surface area contributed by atoms with E-state index in [1.807, 2.05) is 12.3 Å². The maximum Gasteiger partial charge on any atom is 0.0702 e. The van der Waals surface area contributed by atoms with E-state index in [1.54, 1.807) is 0 Å². The third kappa shape index (κ3) is 2.27. The molecule has 1 aliphatic rings. The molecule has 0 bridgehead atoms. The summed E-state index contributed by atoms with van der Waals surface area (Å²) in [7, 11) is 0. The summed E-state index contributed by atoms with van der Waals surface area (Å²) < 4.78 is 0. The molecule has 2 nitrogen and oxygen atoms in total. The average Bonchev–Trinajstić information content (AvgIpc) is 3.05. The van der Waals surface area contributed by atoms with Crippen molar-refractivity contribution in [1.82, 2.24) is 4.98 Å². The van der Waals surface area contributed by atoms with Gasteiger partial charge in [0.25, 0.3) is 0 Å². The molecule has 2 aromatic carbocycles. The molecule has 21 heavy (non-hydrogen) atoms. The number of hydrogen-bond acceptors (Lipinski definition) is 2. The van der Waals surface area contributed by atoms with Gasteiger partial charge in [-0.25, -0.2) is 0 Å². The van der Waals surface area contributed by atoms with Crippen LogP contribution in [0.2, 0.25) is 0 Å². The van der Waals surface area contributed by atoms with Crippen molar-refractivity contribution in [2.75, 3.05) is 11.4 Å². The zero-order valence-corrected chi connectivity index (χ0v) is 11.9. The topological polar surface area (TPSA) is 16.1 Å². The van der Waals surface area contributed by atoms with E-state index < -0.39 is 0 Å². The summed E-state index contributed by atoms with van der Waals surface area (Å²) in [5.74, 6) is 0. The van der Waals surface area contributed by atoms with Gasteiger partial charge in [-0.1, -0.05) is 30.3 Å². The standard InChI is InChI=1S/C19H18N2/c1-2-7-17(8-3-1)21-13-5-9-19(21)16-10-11-18-15(14-16)6-4-12-20-18/h1-4,6-8,10-12,14,19H,5,9,13H2. The van der Waals surface area contributed by atoms with E-state index in [0.29, 0.717) is 6.04 Å². The number of benzene rings is 2. The van der Waals surface area contributed by atoms with Crippen LogP contribution in [-0.2, 0) is 0 Å². The molecule has 2 heteroatoms. The summed E-state index contributed by atoms with van der Waals surface area (Å²) >= 11 is 0. The van der Waals surface area contributed by atoms with Gasteiger partial charge >= 0.3 is 0 Å². The summed E-state index contributed by atoms with van der Waals surface area (Å²) in [6.07, 6.45) is 4.33. The summed E-state index contributed by atoms with van der Waals surface area (Å²) in [6.45, 7) is 1.14. The first-order chi connectivity index (χ1) is 10.4. The van der Waals surface area contributed by atoms with Crippen molar-refractivity contribution in [1.29, 1.82) is 0 Å². The minimum atomic E-state index is 0.483. The van der Waals surface area contributed by atoms with Crippen LogP contribution in [0.15, 0.2) is 66.9 Å². The molecule has 3 aromatic rings. The summed E-state index contributed by atoms with van der Waals surface area (Å²) in [4.78, 5) is 6.94. The Hall–Kier alpha value is -2.35. The first-order valence-corrected chi connectivity index (χ1v) is 7.58. The fraction of sp³-hybridized carbons (Fsp3) is 0.211. The van der Waals surface area contributed by atoms with Gasteiger partial charge in [-0.05, 0) is 48.7 Å². The number of nitrogens with zero attached hydrogens (tertiary/aromatic N) is 2. The third-order valence-electron chi connectivity index (χ3n) is 4.35. The van der Waals surface area contributed by atoms with Gasteiger partial charge in [0.1, 0.15) is 0 Å². The molecule has 0 spiro atoms. The second kappa shape index (κ2) is 5.21. The molecule has 104 valence electrons. The minimum Gasteiger partial charge on any atom is -0.364 e. The van der Waals surface area contributed by atoms with Gasteiger partial charge in [0.15, 0.2) is 0 Å². The van der Waals surface area contributed by atoms with Gasteiger partial charge in [0.2, 0.25) is 0 Å². The van der Waals surface area contributed by atoms with E-state index in [-0.39, 0.29) is 0 Å². The fourth-order valence-electron chi connectivity index (χ4n) is 3.34. The fourth-order valence-corrected chi connectivity index (χ4v) is 3.34. The van der Waals surface area contributed by atoms with Crippen molar-refractivity contribution in [2.24, 2.45) is 0 Å². The molecule has 0 radical (unpaired) electrons. The average molecular weight is 274 g/mol. The van der Waals surface area contributed by atoms with E-state index in [2.05, 4.69) is 64.5 Å². The first-order valence-electron chi connectivity index (χ1n) is 7.58. The monoisotopic (exact) mass is 274 g/mol. The van der Waals surface area contributed by atoms with E-state index in [4.69, 9.17) is 0 Å². The normalized spacial score (nSPS) is 18.3. The molecule has 1 aromatic heterocycles. The lowest BCUT2D eigenvalue weighted by Crippen LogP contribution is -2.22. The maximum atomic E-state index is 4.41. The van der Waals surface area contributed by atoms with Crippen LogP contribution in [0, 0.1) is 0 Å². The van der Waals surface area contributed by atoms with Gasteiger partial charge in [0.05, 0.1) is 11.6 Å². The van der Waals surface area contributed by atoms with Crippen LogP contribution in [0.1, 0.15) is 24.4 Å². The lowest BCUT2D eigenvalue weighted by molar-refractivity contribution is 0.720. The molecule has 1 unspecified atom stereocenters. The largest absolute Gasteiger partial charge is 0.364 e. The van der Waals surface area contributed by atoms with Crippen LogP contribution in [0.25, 0.3) is 10.9 Å². The van der Waals surface area contributed by atoms with Crippen LogP contribution >= 0.6 is 0 Å². The highest BCUT2D eigenvalue weighted by molar-refractivity contribution is 5.79. The van der Waals surface area contributed by atoms with E-state index in [1.165, 1.54) is 29.5 Å². The molecule has 0 amide bonds. The summed E-state index contributed by atoms with van der Waals surface area (Å²) in [6, 6.07) is 22.1. The predicted molar refractivity (Wildman–Crippen MR) is 87.5 cm³/mol. The molecular weight excluding hydrogens is 256 g/mol. The highest BCUT2D eigenvalue weighted by atomic mass is 15.2. The number of hydrogen-bond donors (Lipinski definition) is 0. The SMILES string of the molecule is c1ccc(N2CCCC2c2ccc3ncccc3c2)cc1. The van der Waals surface area contributed by atoms with Gasteiger partial charge in [-0.2, -0.15) is 0 Å². The van der Waals surface area contributed by atoms with Gasteiger partial charge in [-0.15, -0.1) is 0 Å². The number of para-hydroxylation sites is 1. The van der Waals surface area contributed by atoms with Crippen LogP contribution in [-0.4, -0.2) is 11.5 Å². The lowest BCUT2D eigenvalue weighted by Gasteiger charge is -2.27. The number of pyridine rings is 1. The van der Waals surface area contributed by atoms with Gasteiger partial charge in [-0.3, -0.25) is 4.98 Å². The van der Waals surface area contributed by atoms with Crippen molar-refractivity contribution in [2.45, 2.75) is 18.9 Å². The van der Waals surface area contributed by atoms with Crippen molar-refractivity contribution in [3.05, 3.63) is 72.4 Å². The smallest absolute Gasteiger partial charge is 0.0702 e. The zero-order chi connectivity index (χ0) is 14.1. The Balaban J connectivity index is 1.73. The highest BCUT2D eigenvalue weighted by Gasteiger charge is 2.26. The van der Waals surface area contributed by atoms with E-state index in [0.717, 1.165) is 12.1 Å². The van der Waals surface area contributed by atoms with Crippen molar-refractivity contribution < 1.29 is 0 Å². The second-order valence-corrected chi connectivity index (χ2v) is 5.64. The van der Waals surface area contributed by atoms with E-state index in [9.17, 15) is 0 Å². The molecule has 0 N–H and O–H groups in total. The lowest BCUT2D eigenvalue weighted by atomic mass is 10.0. The van der Waals surface area contributed by atoms with Crippen LogP contribution < -0.4 is 4.90 Å². The molecule has 0 saturated carbocycles. The second-order valence-electron chi connectivity index (χ2n) is 5.64. The first kappa shape index (κ1) is 12.4. The van der Waals surface area contributed by atoms with Gasteiger partial charge < -0.3 is 4.90 Å². The molecule has 1 aliphatic heterocycles. The Morgan fingerprint density at radius 2 is 1.86 bits per heavy atom. The summed E-state index contributed by atoms with van der Waals surface area (Å²) in [5, 5.41) is 1.23. The van der Waals surface area contributed by atoms with E-state index >= 15 is 0 Å². The number of rotatable bonds is 2. The van der Waals surface area contributed by atoms with Crippen molar-refractivity contribution in [3.63, 3.8) is 0 Å². The number of anilines is 1. The molecule has 1 atom stereocenters. The Morgan fingerprint density at radius 3 is 2.76 bits per heavy atom. The van der Waals surface area contributed by atoms with Crippen molar-refractivity contribution >= 4 is 16.6 Å². The Kier molecular flexibility index (Phi) is 3.07. The molecule has 4 rings (SSSR count). The minimum absolute atomic E-state index is 0.483.